The van der Waals surface area contributed by atoms with Crippen molar-refractivity contribution in [2.24, 2.45) is 5.92 Å². The zero-order valence-electron chi connectivity index (χ0n) is 9.05. The van der Waals surface area contributed by atoms with Crippen LogP contribution in [0.15, 0.2) is 12.7 Å². The number of unbranched alkanes of at least 4 members (excludes halogenated alkanes) is 1. The molecule has 0 heterocycles. The first kappa shape index (κ1) is 14.3. The van der Waals surface area contributed by atoms with Crippen LogP contribution in [0.3, 0.4) is 0 Å². The number of aliphatic carboxylic acids is 1. The van der Waals surface area contributed by atoms with E-state index in [-0.39, 0.29) is 57.7 Å². The van der Waals surface area contributed by atoms with Gasteiger partial charge in [0.2, 0.25) is 0 Å². The van der Waals surface area contributed by atoms with E-state index in [0.29, 0.717) is 0 Å². The molecular weight excluding hydrogens is 265 g/mol. The van der Waals surface area contributed by atoms with Crippen molar-refractivity contribution >= 4 is 54.9 Å². The molecule has 1 N–H and O–H groups in total. The molecule has 0 spiro atoms. The van der Waals surface area contributed by atoms with Crippen LogP contribution in [0, 0.1) is 5.92 Å². The van der Waals surface area contributed by atoms with Crippen LogP contribution in [0.4, 0.5) is 0 Å². The first-order valence-corrected chi connectivity index (χ1v) is 3.57. The van der Waals surface area contributed by atoms with Gasteiger partial charge < -0.3 is 7.96 Å². The zero-order valence-corrected chi connectivity index (χ0v) is 11.5. The fourth-order valence-corrected chi connectivity index (χ4v) is 0.766. The topological polar surface area (TPSA) is 37.3 Å². The van der Waals surface area contributed by atoms with E-state index in [2.05, 4.69) is 6.58 Å². The van der Waals surface area contributed by atoms with Crippen molar-refractivity contribution in [2.45, 2.75) is 26.2 Å². The Morgan fingerprint density at radius 2 is 2.36 bits per heavy atom. The third kappa shape index (κ3) is 7.15. The number of carboxylic acid groups (broad SMARTS) is 1. The number of carboxylic acids is 1. The number of carbonyl (C=O) groups is 1. The summed E-state index contributed by atoms with van der Waals surface area (Å²) in [4.78, 5) is 10.4. The van der Waals surface area contributed by atoms with Gasteiger partial charge in [0.15, 0.2) is 0 Å². The number of hydrogen-bond donors (Lipinski definition) is 1. The molecule has 0 aromatic heterocycles. The monoisotopic (exact) mass is 282 g/mol. The van der Waals surface area contributed by atoms with E-state index in [1.165, 1.54) is 6.08 Å². The maximum absolute atomic E-state index is 10.4. The molecule has 0 saturated carbocycles. The molecule has 0 aliphatic rings. The fourth-order valence-electron chi connectivity index (χ4n) is 0.766. The van der Waals surface area contributed by atoms with E-state index in [4.69, 9.17) is 5.11 Å². The molecule has 11 heavy (non-hydrogen) atoms. The smallest absolute Gasteiger partial charge is 1.00 e. The predicted octanol–water partition coefficient (Wildman–Crippen LogP) is 1.91. The fraction of sp³-hybridized carbons (Fsp3) is 0.625. The van der Waals surface area contributed by atoms with Crippen LogP contribution in [0.1, 0.15) is 29.0 Å². The third-order valence-corrected chi connectivity index (χ3v) is 1.47. The summed E-state index contributed by atoms with van der Waals surface area (Å²) in [6.45, 7) is 5.50. The Balaban J connectivity index is -0.000000135. The molecule has 0 fully saturated rings. The standard InChI is InChI=1S/C8H14O2.Ba.2H/c1-3-5-6-7(4-2)8(9)10;;;/h4,7H,2-3,5-6H2,1H3,(H,9,10);;;/q;+2;2*-1. The van der Waals surface area contributed by atoms with Gasteiger partial charge in [0, 0.05) is 0 Å². The van der Waals surface area contributed by atoms with E-state index in [1.54, 1.807) is 0 Å². The molecule has 1 atom stereocenters. The molecule has 0 aromatic carbocycles. The van der Waals surface area contributed by atoms with Gasteiger partial charge in [0.25, 0.3) is 0 Å². The van der Waals surface area contributed by atoms with E-state index >= 15 is 0 Å². The van der Waals surface area contributed by atoms with Crippen LogP contribution in [0.25, 0.3) is 0 Å². The molecule has 1 unspecified atom stereocenters. The Labute approximate surface area is 111 Å². The Hall–Kier alpha value is 0.781. The maximum Gasteiger partial charge on any atom is 2.00 e. The van der Waals surface area contributed by atoms with Gasteiger partial charge in [0.1, 0.15) is 0 Å². The van der Waals surface area contributed by atoms with Gasteiger partial charge >= 0.3 is 54.9 Å². The summed E-state index contributed by atoms with van der Waals surface area (Å²) in [5.74, 6) is -1.11. The van der Waals surface area contributed by atoms with Gasteiger partial charge in [-0.05, 0) is 6.42 Å². The van der Waals surface area contributed by atoms with Crippen LogP contribution in [0.5, 0.6) is 0 Å². The molecular formula is C8H16BaO2. The molecule has 0 bridgehead atoms. The Kier molecular flexibility index (Phi) is 11.5. The number of rotatable bonds is 5. The molecule has 62 valence electrons. The minimum atomic E-state index is -0.761. The summed E-state index contributed by atoms with van der Waals surface area (Å²) in [5, 5.41) is 8.53. The zero-order chi connectivity index (χ0) is 7.98. The van der Waals surface area contributed by atoms with Gasteiger partial charge in [0.05, 0.1) is 5.92 Å². The Morgan fingerprint density at radius 1 is 1.82 bits per heavy atom. The second-order valence-corrected chi connectivity index (χ2v) is 2.32. The molecule has 2 nitrogen and oxygen atoms in total. The van der Waals surface area contributed by atoms with Crippen molar-refractivity contribution in [1.29, 1.82) is 0 Å². The normalized spacial score (nSPS) is 11.4. The molecule has 0 saturated heterocycles. The van der Waals surface area contributed by atoms with Crippen LogP contribution in [-0.4, -0.2) is 60.0 Å². The summed E-state index contributed by atoms with van der Waals surface area (Å²) >= 11 is 0. The van der Waals surface area contributed by atoms with Gasteiger partial charge in [-0.25, -0.2) is 0 Å². The quantitative estimate of drug-likeness (QED) is 0.617. The van der Waals surface area contributed by atoms with E-state index in [0.717, 1.165) is 19.3 Å². The van der Waals surface area contributed by atoms with Gasteiger partial charge in [-0.1, -0.05) is 25.8 Å². The Morgan fingerprint density at radius 3 is 2.64 bits per heavy atom. The summed E-state index contributed by atoms with van der Waals surface area (Å²) in [7, 11) is 0. The van der Waals surface area contributed by atoms with Crippen LogP contribution < -0.4 is 0 Å². The summed E-state index contributed by atoms with van der Waals surface area (Å²) < 4.78 is 0. The van der Waals surface area contributed by atoms with Crippen molar-refractivity contribution in [3.8, 4) is 0 Å². The van der Waals surface area contributed by atoms with Crippen LogP contribution in [-0.2, 0) is 4.79 Å². The van der Waals surface area contributed by atoms with Gasteiger partial charge in [-0.2, -0.15) is 0 Å². The summed E-state index contributed by atoms with van der Waals surface area (Å²) in [6.07, 6.45) is 4.22. The second kappa shape index (κ2) is 8.87. The van der Waals surface area contributed by atoms with Crippen molar-refractivity contribution in [2.75, 3.05) is 0 Å². The molecule has 3 heteroatoms. The maximum atomic E-state index is 10.4. The van der Waals surface area contributed by atoms with Crippen molar-refractivity contribution in [3.05, 3.63) is 12.7 Å². The molecule has 0 aliphatic carbocycles. The molecule has 0 aromatic rings. The molecule has 0 amide bonds. The average Bonchev–Trinajstić information content (AvgIpc) is 1.89. The Bertz CT molecular complexity index is 131. The molecule has 0 radical (unpaired) electrons. The predicted molar refractivity (Wildman–Crippen MR) is 48.8 cm³/mol. The largest absolute Gasteiger partial charge is 2.00 e. The van der Waals surface area contributed by atoms with Gasteiger partial charge in [-0.15, -0.1) is 6.58 Å². The average molecular weight is 282 g/mol. The first-order chi connectivity index (χ1) is 4.72. The van der Waals surface area contributed by atoms with Crippen molar-refractivity contribution < 1.29 is 12.8 Å². The minimum absolute atomic E-state index is 0. The summed E-state index contributed by atoms with van der Waals surface area (Å²) in [5.41, 5.74) is 0. The number of hydrogen-bond acceptors (Lipinski definition) is 1. The molecule has 0 rings (SSSR count). The third-order valence-electron chi connectivity index (χ3n) is 1.47. The summed E-state index contributed by atoms with van der Waals surface area (Å²) in [6, 6.07) is 0. The second-order valence-electron chi connectivity index (χ2n) is 2.32. The van der Waals surface area contributed by atoms with Crippen LogP contribution >= 0.6 is 0 Å². The van der Waals surface area contributed by atoms with Crippen LogP contribution in [0.2, 0.25) is 0 Å². The van der Waals surface area contributed by atoms with E-state index in [1.807, 2.05) is 6.92 Å². The first-order valence-electron chi connectivity index (χ1n) is 3.57. The van der Waals surface area contributed by atoms with E-state index < -0.39 is 5.97 Å². The van der Waals surface area contributed by atoms with Crippen molar-refractivity contribution in [3.63, 3.8) is 0 Å². The van der Waals surface area contributed by atoms with Gasteiger partial charge in [-0.3, -0.25) is 4.79 Å². The van der Waals surface area contributed by atoms with E-state index in [9.17, 15) is 4.79 Å². The van der Waals surface area contributed by atoms with Crippen molar-refractivity contribution in [1.82, 2.24) is 0 Å². The molecule has 0 aliphatic heterocycles. The minimum Gasteiger partial charge on any atom is -1.00 e. The SMILES string of the molecule is C=CC(CCCC)C(=O)O.[Ba+2].[H-].[H-].